The summed E-state index contributed by atoms with van der Waals surface area (Å²) < 4.78 is 7.94. The highest BCUT2D eigenvalue weighted by molar-refractivity contribution is 5.91. The molecule has 0 spiro atoms. The number of aryl methyl sites for hydroxylation is 2. The fourth-order valence-corrected chi connectivity index (χ4v) is 3.58. The van der Waals surface area contributed by atoms with Crippen molar-refractivity contribution in [3.05, 3.63) is 88.5 Å². The van der Waals surface area contributed by atoms with E-state index < -0.39 is 5.69 Å². The Morgan fingerprint density at radius 1 is 1.06 bits per heavy atom. The van der Waals surface area contributed by atoms with Crippen molar-refractivity contribution in [1.29, 1.82) is 0 Å². The number of carbonyl (C=O) groups is 1. The zero-order valence-electron chi connectivity index (χ0n) is 18.0. The molecule has 5 rings (SSSR count). The number of benzene rings is 2. The van der Waals surface area contributed by atoms with Gasteiger partial charge < -0.3 is 9.84 Å². The van der Waals surface area contributed by atoms with E-state index in [0.29, 0.717) is 22.7 Å². The van der Waals surface area contributed by atoms with Crippen molar-refractivity contribution in [3.8, 4) is 22.8 Å². The van der Waals surface area contributed by atoms with Crippen LogP contribution in [-0.4, -0.2) is 30.2 Å². The largest absolute Gasteiger partial charge is 0.350 e. The molecule has 1 N–H and O–H groups in total. The smallest absolute Gasteiger partial charge is 0.333 e. The van der Waals surface area contributed by atoms with E-state index in [2.05, 4.69) is 20.6 Å². The molecule has 3 heterocycles. The first-order valence-corrected chi connectivity index (χ1v) is 10.3. The second-order valence-corrected chi connectivity index (χ2v) is 7.71. The molecule has 0 saturated carbocycles. The summed E-state index contributed by atoms with van der Waals surface area (Å²) in [5.41, 5.74) is 3.91. The highest BCUT2D eigenvalue weighted by Gasteiger charge is 2.18. The molecule has 9 nitrogen and oxygen atoms in total. The first kappa shape index (κ1) is 20.4. The zero-order valence-corrected chi connectivity index (χ0v) is 18.0. The van der Waals surface area contributed by atoms with Gasteiger partial charge in [0, 0.05) is 17.4 Å². The monoisotopic (exact) mass is 440 g/mol. The van der Waals surface area contributed by atoms with Gasteiger partial charge >= 0.3 is 5.69 Å². The van der Waals surface area contributed by atoms with Gasteiger partial charge in [-0.2, -0.15) is 4.98 Å². The van der Waals surface area contributed by atoms with E-state index in [1.165, 1.54) is 4.40 Å². The topological polar surface area (TPSA) is 107 Å². The minimum atomic E-state index is -0.440. The molecule has 0 unspecified atom stereocenters. The summed E-state index contributed by atoms with van der Waals surface area (Å²) in [5, 5.41) is 11.3. The predicted molar refractivity (Wildman–Crippen MR) is 123 cm³/mol. The zero-order chi connectivity index (χ0) is 22.9. The fraction of sp³-hybridized carbons (Fsp3) is 0.125. The van der Waals surface area contributed by atoms with Gasteiger partial charge in [0.05, 0.1) is 5.56 Å². The number of aromatic nitrogens is 5. The van der Waals surface area contributed by atoms with E-state index in [1.807, 2.05) is 56.3 Å². The number of hydrogen-bond donors (Lipinski definition) is 1. The number of nitrogens with zero attached hydrogens (tertiary/aromatic N) is 5. The molecule has 0 aliphatic carbocycles. The first-order valence-electron chi connectivity index (χ1n) is 10.3. The summed E-state index contributed by atoms with van der Waals surface area (Å²) in [7, 11) is 0. The van der Waals surface area contributed by atoms with E-state index in [1.54, 1.807) is 24.4 Å². The summed E-state index contributed by atoms with van der Waals surface area (Å²) >= 11 is 0. The van der Waals surface area contributed by atoms with Gasteiger partial charge in [-0.25, -0.2) is 13.9 Å². The maximum Gasteiger partial charge on any atom is 0.350 e. The molecule has 5 aromatic rings. The van der Waals surface area contributed by atoms with Crippen LogP contribution in [0, 0.1) is 13.8 Å². The third kappa shape index (κ3) is 3.91. The molecule has 0 atom stereocenters. The molecular formula is C24H20N6O3. The summed E-state index contributed by atoms with van der Waals surface area (Å²) in [5.74, 6) is 0.324. The van der Waals surface area contributed by atoms with Gasteiger partial charge in [-0.3, -0.25) is 4.79 Å². The number of nitrogens with one attached hydrogen (secondary N) is 1. The van der Waals surface area contributed by atoms with Crippen LogP contribution in [0.5, 0.6) is 0 Å². The van der Waals surface area contributed by atoms with Crippen molar-refractivity contribution < 1.29 is 9.32 Å². The number of hydrogen-bond acceptors (Lipinski definition) is 6. The van der Waals surface area contributed by atoms with Crippen LogP contribution < -0.4 is 11.0 Å². The number of pyridine rings is 1. The van der Waals surface area contributed by atoms with Crippen LogP contribution >= 0.6 is 0 Å². The van der Waals surface area contributed by atoms with Crippen LogP contribution in [0.15, 0.2) is 76.2 Å². The number of rotatable bonds is 5. The molecule has 3 aromatic heterocycles. The molecule has 1 amide bonds. The Bertz CT molecular complexity index is 1550. The highest BCUT2D eigenvalue weighted by atomic mass is 16.5. The molecule has 0 aliphatic heterocycles. The lowest BCUT2D eigenvalue weighted by atomic mass is 10.1. The molecule has 2 aromatic carbocycles. The molecule has 9 heteroatoms. The average molecular weight is 440 g/mol. The summed E-state index contributed by atoms with van der Waals surface area (Å²) in [4.78, 5) is 29.9. The normalized spacial score (nSPS) is 11.1. The SMILES string of the molecule is Cc1cccc(-c2noc(-c3cccn4c(=O)n(CC(=O)Nc5ccccc5C)nc34)n2)c1. The lowest BCUT2D eigenvalue weighted by molar-refractivity contribution is -0.117. The molecular weight excluding hydrogens is 420 g/mol. The predicted octanol–water partition coefficient (Wildman–Crippen LogP) is 3.47. The number of anilines is 1. The van der Waals surface area contributed by atoms with E-state index in [0.717, 1.165) is 21.4 Å². The quantitative estimate of drug-likeness (QED) is 0.448. The molecule has 33 heavy (non-hydrogen) atoms. The van der Waals surface area contributed by atoms with Crippen LogP contribution in [0.25, 0.3) is 28.5 Å². The van der Waals surface area contributed by atoms with Gasteiger partial charge in [0.2, 0.25) is 11.7 Å². The van der Waals surface area contributed by atoms with Crippen LogP contribution in [0.3, 0.4) is 0 Å². The standard InChI is InChI=1S/C24H20N6O3/c1-15-7-5-9-17(13-15)21-26-23(33-28-21)18-10-6-12-29-22(18)27-30(24(29)32)14-20(31)25-19-11-4-3-8-16(19)2/h3-13H,14H2,1-2H3,(H,25,31). The minimum absolute atomic E-state index is 0.230. The van der Waals surface area contributed by atoms with Crippen molar-refractivity contribution in [3.63, 3.8) is 0 Å². The molecule has 0 radical (unpaired) electrons. The van der Waals surface area contributed by atoms with Crippen molar-refractivity contribution in [2.75, 3.05) is 5.32 Å². The second kappa shape index (κ2) is 8.19. The van der Waals surface area contributed by atoms with Gasteiger partial charge in [0.1, 0.15) is 6.54 Å². The molecule has 0 saturated heterocycles. The summed E-state index contributed by atoms with van der Waals surface area (Å²) in [6.07, 6.45) is 1.59. The molecule has 0 fully saturated rings. The number of carbonyl (C=O) groups excluding carboxylic acids is 1. The minimum Gasteiger partial charge on any atom is -0.333 e. The Morgan fingerprint density at radius 2 is 1.91 bits per heavy atom. The van der Waals surface area contributed by atoms with Crippen molar-refractivity contribution >= 4 is 17.2 Å². The van der Waals surface area contributed by atoms with Crippen molar-refractivity contribution in [2.24, 2.45) is 0 Å². The molecule has 0 bridgehead atoms. The third-order valence-corrected chi connectivity index (χ3v) is 5.25. The lowest BCUT2D eigenvalue weighted by Crippen LogP contribution is -2.28. The van der Waals surface area contributed by atoms with E-state index in [4.69, 9.17) is 4.52 Å². The van der Waals surface area contributed by atoms with Crippen molar-refractivity contribution in [2.45, 2.75) is 20.4 Å². The first-order chi connectivity index (χ1) is 16.0. The van der Waals surface area contributed by atoms with E-state index >= 15 is 0 Å². The average Bonchev–Trinajstić information content (AvgIpc) is 3.41. The van der Waals surface area contributed by atoms with Crippen LogP contribution in [0.2, 0.25) is 0 Å². The second-order valence-electron chi connectivity index (χ2n) is 7.71. The molecule has 0 aliphatic rings. The van der Waals surface area contributed by atoms with Gasteiger partial charge in [-0.05, 0) is 43.7 Å². The fourth-order valence-electron chi connectivity index (χ4n) is 3.58. The molecule has 164 valence electrons. The van der Waals surface area contributed by atoms with Crippen LogP contribution in [-0.2, 0) is 11.3 Å². The van der Waals surface area contributed by atoms with E-state index in [9.17, 15) is 9.59 Å². The third-order valence-electron chi connectivity index (χ3n) is 5.25. The number of fused-ring (bicyclic) bond motifs is 1. The number of amides is 1. The van der Waals surface area contributed by atoms with Gasteiger partial charge in [0.25, 0.3) is 5.89 Å². The Labute approximate surface area is 188 Å². The number of para-hydroxylation sites is 1. The van der Waals surface area contributed by atoms with Gasteiger partial charge in [0.15, 0.2) is 5.65 Å². The highest BCUT2D eigenvalue weighted by Crippen LogP contribution is 2.25. The maximum atomic E-state index is 12.8. The van der Waals surface area contributed by atoms with Crippen LogP contribution in [0.4, 0.5) is 5.69 Å². The van der Waals surface area contributed by atoms with Crippen LogP contribution in [0.1, 0.15) is 11.1 Å². The summed E-state index contributed by atoms with van der Waals surface area (Å²) in [6.45, 7) is 3.65. The Morgan fingerprint density at radius 3 is 2.73 bits per heavy atom. The Hall–Kier alpha value is -4.53. The maximum absolute atomic E-state index is 12.8. The summed E-state index contributed by atoms with van der Waals surface area (Å²) in [6, 6.07) is 18.6. The Kier molecular flexibility index (Phi) is 5.06. The Balaban J connectivity index is 1.46. The van der Waals surface area contributed by atoms with Crippen molar-refractivity contribution in [1.82, 2.24) is 24.3 Å². The van der Waals surface area contributed by atoms with E-state index in [-0.39, 0.29) is 18.3 Å². The lowest BCUT2D eigenvalue weighted by Gasteiger charge is -2.07. The van der Waals surface area contributed by atoms with Gasteiger partial charge in [-0.1, -0.05) is 47.1 Å². The van der Waals surface area contributed by atoms with Gasteiger partial charge in [-0.15, -0.1) is 5.10 Å².